The zero-order valence-electron chi connectivity index (χ0n) is 11.8. The molecule has 0 aromatic carbocycles. The van der Waals surface area contributed by atoms with Crippen LogP contribution in [0, 0.1) is 0 Å². The van der Waals surface area contributed by atoms with Crippen LogP contribution < -0.4 is 5.73 Å². The Morgan fingerprint density at radius 2 is 2.29 bits per heavy atom. The summed E-state index contributed by atoms with van der Waals surface area (Å²) in [6.45, 7) is 2.22. The van der Waals surface area contributed by atoms with Gasteiger partial charge in [0.15, 0.2) is 5.82 Å². The number of hydrogen-bond donors (Lipinski definition) is 1. The van der Waals surface area contributed by atoms with E-state index < -0.39 is 5.54 Å². The molecule has 0 amide bonds. The second kappa shape index (κ2) is 5.82. The van der Waals surface area contributed by atoms with Gasteiger partial charge < -0.3 is 15.0 Å². The van der Waals surface area contributed by atoms with Gasteiger partial charge in [0.1, 0.15) is 11.2 Å². The number of rotatable bonds is 5. The minimum atomic E-state index is -0.771. The maximum Gasteiger partial charge on any atom is 0.276 e. The Morgan fingerprint density at radius 3 is 2.90 bits per heavy atom. The lowest BCUT2D eigenvalue weighted by Crippen LogP contribution is -2.41. The standard InChI is InChI=1S/C14H17BrN4O2/c1-14(16,8-20-10-3-2-4-10)13-18-12(21-19-13)11-6-5-9(15)7-17-11/h5-7,10H,2-4,8,16H2,1H3. The average molecular weight is 353 g/mol. The van der Waals surface area contributed by atoms with E-state index in [2.05, 4.69) is 31.1 Å². The molecule has 1 fully saturated rings. The molecule has 2 aromatic heterocycles. The van der Waals surface area contributed by atoms with Crippen molar-refractivity contribution in [2.24, 2.45) is 5.73 Å². The third-order valence-corrected chi connectivity index (χ3v) is 4.02. The zero-order chi connectivity index (χ0) is 14.9. The highest BCUT2D eigenvalue weighted by molar-refractivity contribution is 9.10. The largest absolute Gasteiger partial charge is 0.376 e. The van der Waals surface area contributed by atoms with Gasteiger partial charge in [0, 0.05) is 10.7 Å². The average Bonchev–Trinajstić information content (AvgIpc) is 2.88. The number of halogens is 1. The molecule has 2 aromatic rings. The van der Waals surface area contributed by atoms with Crippen LogP contribution in [0.3, 0.4) is 0 Å². The highest BCUT2D eigenvalue weighted by Crippen LogP contribution is 2.25. The molecular weight excluding hydrogens is 336 g/mol. The van der Waals surface area contributed by atoms with E-state index in [1.807, 2.05) is 13.0 Å². The van der Waals surface area contributed by atoms with Crippen molar-refractivity contribution < 1.29 is 9.26 Å². The van der Waals surface area contributed by atoms with E-state index in [1.165, 1.54) is 6.42 Å². The van der Waals surface area contributed by atoms with Crippen LogP contribution in [-0.4, -0.2) is 27.8 Å². The summed E-state index contributed by atoms with van der Waals surface area (Å²) in [5.74, 6) is 0.791. The molecule has 1 atom stereocenters. The molecule has 0 aliphatic heterocycles. The van der Waals surface area contributed by atoms with Crippen molar-refractivity contribution in [2.45, 2.75) is 37.8 Å². The van der Waals surface area contributed by atoms with Gasteiger partial charge in [-0.3, -0.25) is 0 Å². The second-order valence-electron chi connectivity index (χ2n) is 5.57. The molecule has 1 aliphatic carbocycles. The minimum absolute atomic E-state index is 0.326. The van der Waals surface area contributed by atoms with E-state index in [-0.39, 0.29) is 0 Å². The van der Waals surface area contributed by atoms with E-state index in [1.54, 1.807) is 12.3 Å². The Bertz CT molecular complexity index is 608. The van der Waals surface area contributed by atoms with Gasteiger partial charge >= 0.3 is 0 Å². The molecule has 0 bridgehead atoms. The van der Waals surface area contributed by atoms with E-state index in [4.69, 9.17) is 15.0 Å². The van der Waals surface area contributed by atoms with Crippen molar-refractivity contribution in [1.29, 1.82) is 0 Å². The first-order chi connectivity index (χ1) is 10.0. The van der Waals surface area contributed by atoms with E-state index >= 15 is 0 Å². The Labute approximate surface area is 131 Å². The van der Waals surface area contributed by atoms with E-state index in [0.717, 1.165) is 17.3 Å². The summed E-state index contributed by atoms with van der Waals surface area (Å²) in [5.41, 5.74) is 6.09. The monoisotopic (exact) mass is 352 g/mol. The van der Waals surface area contributed by atoms with Crippen LogP contribution in [0.15, 0.2) is 27.3 Å². The van der Waals surface area contributed by atoms with Crippen molar-refractivity contribution in [1.82, 2.24) is 15.1 Å². The fourth-order valence-electron chi connectivity index (χ4n) is 1.95. The molecule has 1 saturated carbocycles. The molecule has 1 unspecified atom stereocenters. The summed E-state index contributed by atoms with van der Waals surface area (Å²) in [6.07, 6.45) is 5.45. The Hall–Kier alpha value is -1.31. The van der Waals surface area contributed by atoms with Gasteiger partial charge in [-0.15, -0.1) is 0 Å². The highest BCUT2D eigenvalue weighted by atomic mass is 79.9. The fraction of sp³-hybridized carbons (Fsp3) is 0.500. The van der Waals surface area contributed by atoms with Gasteiger partial charge in [-0.25, -0.2) is 4.98 Å². The predicted molar refractivity (Wildman–Crippen MR) is 80.4 cm³/mol. The maximum atomic E-state index is 6.24. The quantitative estimate of drug-likeness (QED) is 0.889. The van der Waals surface area contributed by atoms with Crippen molar-refractivity contribution >= 4 is 15.9 Å². The third-order valence-electron chi connectivity index (χ3n) is 3.55. The lowest BCUT2D eigenvalue weighted by molar-refractivity contribution is -0.0222. The highest BCUT2D eigenvalue weighted by Gasteiger charge is 2.30. The van der Waals surface area contributed by atoms with E-state index in [9.17, 15) is 0 Å². The second-order valence-corrected chi connectivity index (χ2v) is 6.48. The molecule has 112 valence electrons. The Kier molecular flexibility index (Phi) is 4.05. The predicted octanol–water partition coefficient (Wildman–Crippen LogP) is 2.64. The van der Waals surface area contributed by atoms with Gasteiger partial charge in [-0.2, -0.15) is 4.98 Å². The molecule has 21 heavy (non-hydrogen) atoms. The minimum Gasteiger partial charge on any atom is -0.376 e. The van der Waals surface area contributed by atoms with Gasteiger partial charge in [0.05, 0.1) is 12.7 Å². The SMILES string of the molecule is CC(N)(COC1CCC1)c1noc(-c2ccc(Br)cn2)n1. The first kappa shape index (κ1) is 14.6. The van der Waals surface area contributed by atoms with Crippen LogP contribution >= 0.6 is 15.9 Å². The number of pyridine rings is 1. The number of hydrogen-bond acceptors (Lipinski definition) is 6. The number of nitrogens with zero attached hydrogens (tertiary/aromatic N) is 3. The molecule has 0 saturated heterocycles. The summed E-state index contributed by atoms with van der Waals surface area (Å²) in [7, 11) is 0. The summed E-state index contributed by atoms with van der Waals surface area (Å²) < 4.78 is 11.9. The van der Waals surface area contributed by atoms with Crippen LogP contribution in [0.2, 0.25) is 0 Å². The molecule has 0 spiro atoms. The van der Waals surface area contributed by atoms with E-state index in [0.29, 0.717) is 30.1 Å². The molecule has 1 aliphatic rings. The number of ether oxygens (including phenoxy) is 1. The Morgan fingerprint density at radius 1 is 1.48 bits per heavy atom. The van der Waals surface area contributed by atoms with Gasteiger partial charge in [-0.1, -0.05) is 5.16 Å². The summed E-state index contributed by atoms with van der Waals surface area (Å²) in [5, 5.41) is 3.97. The normalized spacial score (nSPS) is 18.2. The van der Waals surface area contributed by atoms with Crippen LogP contribution in [0.25, 0.3) is 11.6 Å². The smallest absolute Gasteiger partial charge is 0.276 e. The molecular formula is C14H17BrN4O2. The van der Waals surface area contributed by atoms with Crippen molar-refractivity contribution in [3.8, 4) is 11.6 Å². The summed E-state index contributed by atoms with van der Waals surface area (Å²) in [4.78, 5) is 8.57. The summed E-state index contributed by atoms with van der Waals surface area (Å²) in [6, 6.07) is 3.67. The van der Waals surface area contributed by atoms with Gasteiger partial charge in [-0.05, 0) is 54.2 Å². The third kappa shape index (κ3) is 3.30. The fourth-order valence-corrected chi connectivity index (χ4v) is 2.19. The number of nitrogens with two attached hydrogens (primary N) is 1. The topological polar surface area (TPSA) is 87.1 Å². The Balaban J connectivity index is 1.71. The maximum absolute atomic E-state index is 6.24. The molecule has 3 rings (SSSR count). The van der Waals surface area contributed by atoms with Crippen LogP contribution in [-0.2, 0) is 10.3 Å². The van der Waals surface area contributed by atoms with Crippen molar-refractivity contribution in [3.05, 3.63) is 28.6 Å². The van der Waals surface area contributed by atoms with Crippen molar-refractivity contribution in [2.75, 3.05) is 6.61 Å². The molecule has 0 radical (unpaired) electrons. The first-order valence-electron chi connectivity index (χ1n) is 6.91. The van der Waals surface area contributed by atoms with Crippen molar-refractivity contribution in [3.63, 3.8) is 0 Å². The molecule has 7 heteroatoms. The van der Waals surface area contributed by atoms with Crippen LogP contribution in [0.4, 0.5) is 0 Å². The first-order valence-corrected chi connectivity index (χ1v) is 7.70. The van der Waals surface area contributed by atoms with Gasteiger partial charge in [0.25, 0.3) is 5.89 Å². The molecule has 2 N–H and O–H groups in total. The van der Waals surface area contributed by atoms with Crippen LogP contribution in [0.1, 0.15) is 32.0 Å². The number of aromatic nitrogens is 3. The lowest BCUT2D eigenvalue weighted by atomic mass is 9.95. The van der Waals surface area contributed by atoms with Crippen LogP contribution in [0.5, 0.6) is 0 Å². The molecule has 2 heterocycles. The van der Waals surface area contributed by atoms with Gasteiger partial charge in [0.2, 0.25) is 0 Å². The summed E-state index contributed by atoms with van der Waals surface area (Å²) >= 11 is 3.34. The zero-order valence-corrected chi connectivity index (χ0v) is 13.3. The lowest BCUT2D eigenvalue weighted by Gasteiger charge is -2.29. The molecule has 6 nitrogen and oxygen atoms in total.